The van der Waals surface area contributed by atoms with E-state index in [1.807, 2.05) is 14.1 Å². The summed E-state index contributed by atoms with van der Waals surface area (Å²) in [6.45, 7) is 5.15. The molecule has 1 amide bonds. The van der Waals surface area contributed by atoms with Gasteiger partial charge >= 0.3 is 0 Å². The van der Waals surface area contributed by atoms with Gasteiger partial charge in [0, 0.05) is 12.7 Å². The largest absolute Gasteiger partial charge is 0.310 e. The molecule has 0 bridgehead atoms. The van der Waals surface area contributed by atoms with Crippen LogP contribution in [0.25, 0.3) is 0 Å². The number of hydrogen-bond acceptors (Lipinski definition) is 6. The summed E-state index contributed by atoms with van der Waals surface area (Å²) in [7, 11) is 4.10. The molecule has 1 N–H and O–H groups in total. The molecule has 0 spiro atoms. The second kappa shape index (κ2) is 10.6. The maximum atomic E-state index is 12.2. The number of nitrogens with zero attached hydrogens (tertiary/aromatic N) is 5. The lowest BCUT2D eigenvalue weighted by molar-refractivity contribution is -0.113. The van der Waals surface area contributed by atoms with E-state index < -0.39 is 0 Å². The van der Waals surface area contributed by atoms with Crippen molar-refractivity contribution in [3.8, 4) is 0 Å². The summed E-state index contributed by atoms with van der Waals surface area (Å²) < 4.78 is 2.15. The van der Waals surface area contributed by atoms with Gasteiger partial charge in [-0.3, -0.25) is 9.69 Å². The monoisotopic (exact) mass is 410 g/mol. The Balaban J connectivity index is 2.06. The lowest BCUT2D eigenvalue weighted by atomic mass is 10.2. The average molecular weight is 411 g/mol. The van der Waals surface area contributed by atoms with Crippen LogP contribution < -0.4 is 5.32 Å². The molecule has 0 fully saturated rings. The number of carbonyl (C=O) groups excluding carboxylic acids is 1. The van der Waals surface area contributed by atoms with Gasteiger partial charge < -0.3 is 9.88 Å². The first-order valence-corrected chi connectivity index (χ1v) is 10.5. The highest BCUT2D eigenvalue weighted by atomic mass is 35.5. The van der Waals surface area contributed by atoms with Crippen molar-refractivity contribution in [3.05, 3.63) is 29.2 Å². The molecular formula is C18H27ClN6OS. The number of unbranched alkanes of at least 4 members (excludes halogenated alkanes) is 1. The first-order chi connectivity index (χ1) is 13.0. The van der Waals surface area contributed by atoms with Crippen LogP contribution in [-0.2, 0) is 11.3 Å². The molecule has 2 heterocycles. The molecule has 0 aliphatic rings. The predicted molar refractivity (Wildman–Crippen MR) is 110 cm³/mol. The highest BCUT2D eigenvalue weighted by Crippen LogP contribution is 2.25. The lowest BCUT2D eigenvalue weighted by Gasteiger charge is -2.23. The molecule has 0 aliphatic heterocycles. The van der Waals surface area contributed by atoms with Crippen LogP contribution in [0.5, 0.6) is 0 Å². The van der Waals surface area contributed by atoms with Gasteiger partial charge in [0.2, 0.25) is 5.91 Å². The van der Waals surface area contributed by atoms with Crippen molar-refractivity contribution < 1.29 is 4.79 Å². The van der Waals surface area contributed by atoms with Crippen LogP contribution in [-0.4, -0.2) is 50.4 Å². The number of carbonyl (C=O) groups is 1. The first kappa shape index (κ1) is 21.7. The summed E-state index contributed by atoms with van der Waals surface area (Å²) in [6, 6.07) is 3.57. The molecule has 1 atom stereocenters. The zero-order chi connectivity index (χ0) is 19.8. The number of pyridine rings is 1. The molecule has 27 heavy (non-hydrogen) atoms. The van der Waals surface area contributed by atoms with Gasteiger partial charge in [0.25, 0.3) is 0 Å². The molecule has 2 rings (SSSR count). The minimum Gasteiger partial charge on any atom is -0.310 e. The second-order valence-electron chi connectivity index (χ2n) is 6.43. The van der Waals surface area contributed by atoms with Gasteiger partial charge in [-0.15, -0.1) is 10.2 Å². The van der Waals surface area contributed by atoms with Gasteiger partial charge in [-0.1, -0.05) is 43.6 Å². The summed E-state index contributed by atoms with van der Waals surface area (Å²) in [5.41, 5.74) is 0. The van der Waals surface area contributed by atoms with E-state index in [-0.39, 0.29) is 17.7 Å². The van der Waals surface area contributed by atoms with Crippen LogP contribution in [0.3, 0.4) is 0 Å². The van der Waals surface area contributed by atoms with E-state index in [0.29, 0.717) is 10.8 Å². The van der Waals surface area contributed by atoms with Gasteiger partial charge in [0.1, 0.15) is 5.82 Å². The normalized spacial score (nSPS) is 12.4. The van der Waals surface area contributed by atoms with E-state index in [2.05, 4.69) is 43.8 Å². The number of rotatable bonds is 10. The highest BCUT2D eigenvalue weighted by molar-refractivity contribution is 7.99. The fourth-order valence-electron chi connectivity index (χ4n) is 2.72. The minimum atomic E-state index is -0.138. The van der Waals surface area contributed by atoms with Crippen LogP contribution in [0.1, 0.15) is 45.0 Å². The van der Waals surface area contributed by atoms with E-state index in [1.165, 1.54) is 18.0 Å². The van der Waals surface area contributed by atoms with Crippen molar-refractivity contribution in [2.24, 2.45) is 0 Å². The molecule has 0 aromatic carbocycles. The van der Waals surface area contributed by atoms with Crippen molar-refractivity contribution in [3.63, 3.8) is 0 Å². The smallest absolute Gasteiger partial charge is 0.236 e. The Morgan fingerprint density at radius 3 is 2.70 bits per heavy atom. The molecule has 148 valence electrons. The molecule has 0 radical (unpaired) electrons. The fraction of sp³-hybridized carbons (Fsp3) is 0.556. The number of anilines is 1. The van der Waals surface area contributed by atoms with Gasteiger partial charge in [0.05, 0.1) is 16.8 Å². The minimum absolute atomic E-state index is 0.138. The zero-order valence-corrected chi connectivity index (χ0v) is 17.8. The molecular weight excluding hydrogens is 384 g/mol. The third kappa shape index (κ3) is 6.19. The summed E-state index contributed by atoms with van der Waals surface area (Å²) >= 11 is 7.20. The van der Waals surface area contributed by atoms with E-state index in [0.717, 1.165) is 36.8 Å². The van der Waals surface area contributed by atoms with Crippen LogP contribution >= 0.6 is 23.4 Å². The predicted octanol–water partition coefficient (Wildman–Crippen LogP) is 3.87. The maximum Gasteiger partial charge on any atom is 0.236 e. The van der Waals surface area contributed by atoms with Crippen LogP contribution in [0, 0.1) is 0 Å². The number of hydrogen-bond donors (Lipinski definition) is 1. The molecule has 0 aliphatic carbocycles. The van der Waals surface area contributed by atoms with Crippen molar-refractivity contribution >= 4 is 35.1 Å². The second-order valence-corrected chi connectivity index (χ2v) is 7.81. The molecule has 2 aromatic rings. The Labute approximate surface area is 169 Å². The number of amides is 1. The van der Waals surface area contributed by atoms with E-state index >= 15 is 0 Å². The van der Waals surface area contributed by atoms with Crippen molar-refractivity contribution in [2.75, 3.05) is 25.2 Å². The summed E-state index contributed by atoms with van der Waals surface area (Å²) in [6.07, 6.45) is 4.58. The number of thioether (sulfide) groups is 1. The van der Waals surface area contributed by atoms with E-state index in [9.17, 15) is 4.79 Å². The van der Waals surface area contributed by atoms with E-state index in [4.69, 9.17) is 11.6 Å². The number of nitrogens with one attached hydrogen (secondary N) is 1. The quantitative estimate of drug-likeness (QED) is 0.599. The zero-order valence-electron chi connectivity index (χ0n) is 16.3. The topological polar surface area (TPSA) is 75.9 Å². The average Bonchev–Trinajstić information content (AvgIpc) is 3.03. The Morgan fingerprint density at radius 1 is 1.33 bits per heavy atom. The van der Waals surface area contributed by atoms with Crippen LogP contribution in [0.2, 0.25) is 5.02 Å². The molecule has 7 nitrogen and oxygen atoms in total. The number of halogens is 1. The van der Waals surface area contributed by atoms with Crippen LogP contribution in [0.4, 0.5) is 5.82 Å². The summed E-state index contributed by atoms with van der Waals surface area (Å²) in [5.74, 6) is 1.55. The standard InChI is InChI=1S/C18H27ClN6OS/c1-5-7-10-25-17(14(6-2)24(3)4)22-23-18(25)27-12-16(26)21-15-9-8-13(19)11-20-15/h8-9,11,14H,5-7,10,12H2,1-4H3,(H,20,21,26). The van der Waals surface area contributed by atoms with Crippen molar-refractivity contribution in [1.29, 1.82) is 0 Å². The van der Waals surface area contributed by atoms with Gasteiger partial charge in [-0.25, -0.2) is 4.98 Å². The number of aromatic nitrogens is 4. The van der Waals surface area contributed by atoms with E-state index in [1.54, 1.807) is 12.1 Å². The van der Waals surface area contributed by atoms with Gasteiger partial charge in [-0.2, -0.15) is 0 Å². The first-order valence-electron chi connectivity index (χ1n) is 9.10. The third-order valence-corrected chi connectivity index (χ3v) is 5.31. The molecule has 0 saturated carbocycles. The maximum absolute atomic E-state index is 12.2. The third-order valence-electron chi connectivity index (χ3n) is 4.12. The molecule has 2 aromatic heterocycles. The van der Waals surface area contributed by atoms with Gasteiger partial charge in [0.15, 0.2) is 11.0 Å². The fourth-order valence-corrected chi connectivity index (χ4v) is 3.60. The lowest BCUT2D eigenvalue weighted by Crippen LogP contribution is -2.23. The Morgan fingerprint density at radius 2 is 2.11 bits per heavy atom. The van der Waals surface area contributed by atoms with Crippen molar-refractivity contribution in [1.82, 2.24) is 24.6 Å². The highest BCUT2D eigenvalue weighted by Gasteiger charge is 2.22. The molecule has 0 saturated heterocycles. The van der Waals surface area contributed by atoms with Gasteiger partial charge in [-0.05, 0) is 39.1 Å². The Hall–Kier alpha value is -1.64. The Bertz CT molecular complexity index is 734. The summed E-state index contributed by atoms with van der Waals surface area (Å²) in [5, 5.41) is 12.8. The van der Waals surface area contributed by atoms with Crippen molar-refractivity contribution in [2.45, 2.75) is 50.9 Å². The SMILES string of the molecule is CCCCn1c(SCC(=O)Nc2ccc(Cl)cn2)nnc1C(CC)N(C)C. The Kier molecular flexibility index (Phi) is 8.53. The molecule has 1 unspecified atom stereocenters. The molecule has 9 heteroatoms. The van der Waals surface area contributed by atoms with Crippen LogP contribution in [0.15, 0.2) is 23.5 Å². The summed E-state index contributed by atoms with van der Waals surface area (Å²) in [4.78, 5) is 18.5.